The summed E-state index contributed by atoms with van der Waals surface area (Å²) < 4.78 is 6.05. The molecule has 0 spiro atoms. The Hall–Kier alpha value is -0.470. The summed E-state index contributed by atoms with van der Waals surface area (Å²) >= 11 is 4.34. The standard InChI is InChI=1S/C20H32OS/c1-2-3-4-5-16-21-19-12-8-17(9-13-19)6-7-18-10-14-20(22)15-11-18/h10-11,14-15,17,19,22H,2-9,12-13,16H2,1H3. The second-order valence-corrected chi connectivity index (χ2v) is 7.30. The van der Waals surface area contributed by atoms with Gasteiger partial charge in [-0.1, -0.05) is 38.3 Å². The largest absolute Gasteiger partial charge is 0.378 e. The zero-order valence-corrected chi connectivity index (χ0v) is 15.0. The number of hydrogen-bond donors (Lipinski definition) is 1. The fourth-order valence-corrected chi connectivity index (χ4v) is 3.55. The first kappa shape index (κ1) is 17.9. The predicted molar refractivity (Wildman–Crippen MR) is 97.9 cm³/mol. The van der Waals surface area contributed by atoms with Gasteiger partial charge in [0.25, 0.3) is 0 Å². The molecule has 1 aromatic carbocycles. The Morgan fingerprint density at radius 3 is 2.41 bits per heavy atom. The molecule has 1 nitrogen and oxygen atoms in total. The number of benzene rings is 1. The van der Waals surface area contributed by atoms with Crippen molar-refractivity contribution in [3.63, 3.8) is 0 Å². The molecule has 22 heavy (non-hydrogen) atoms. The van der Waals surface area contributed by atoms with E-state index in [-0.39, 0.29) is 0 Å². The van der Waals surface area contributed by atoms with E-state index in [0.29, 0.717) is 6.10 Å². The van der Waals surface area contributed by atoms with Crippen molar-refractivity contribution in [3.8, 4) is 0 Å². The minimum Gasteiger partial charge on any atom is -0.378 e. The Labute approximate surface area is 142 Å². The van der Waals surface area contributed by atoms with Gasteiger partial charge >= 0.3 is 0 Å². The molecule has 124 valence electrons. The molecule has 2 rings (SSSR count). The van der Waals surface area contributed by atoms with Gasteiger partial charge in [-0.05, 0) is 68.6 Å². The molecule has 1 fully saturated rings. The Balaban J connectivity index is 1.56. The average Bonchev–Trinajstić information content (AvgIpc) is 2.55. The maximum atomic E-state index is 6.05. The minimum absolute atomic E-state index is 0.543. The Morgan fingerprint density at radius 2 is 1.73 bits per heavy atom. The molecule has 1 saturated carbocycles. The zero-order valence-electron chi connectivity index (χ0n) is 14.1. The molecule has 1 aliphatic carbocycles. The molecule has 0 saturated heterocycles. The second kappa shape index (κ2) is 10.3. The van der Waals surface area contributed by atoms with Crippen LogP contribution in [-0.2, 0) is 11.2 Å². The van der Waals surface area contributed by atoms with Crippen LogP contribution in [0.1, 0.15) is 70.3 Å². The number of hydrogen-bond acceptors (Lipinski definition) is 2. The molecule has 0 heterocycles. The van der Waals surface area contributed by atoms with Crippen LogP contribution in [0.25, 0.3) is 0 Å². The van der Waals surface area contributed by atoms with Gasteiger partial charge in [0.1, 0.15) is 0 Å². The van der Waals surface area contributed by atoms with E-state index in [2.05, 4.69) is 43.8 Å². The molecule has 0 amide bonds. The fraction of sp³-hybridized carbons (Fsp3) is 0.700. The van der Waals surface area contributed by atoms with Crippen molar-refractivity contribution in [1.82, 2.24) is 0 Å². The summed E-state index contributed by atoms with van der Waals surface area (Å²) in [6.45, 7) is 3.24. The molecule has 0 radical (unpaired) electrons. The zero-order chi connectivity index (χ0) is 15.6. The average molecular weight is 321 g/mol. The number of rotatable bonds is 9. The van der Waals surface area contributed by atoms with Gasteiger partial charge < -0.3 is 4.74 Å². The summed E-state index contributed by atoms with van der Waals surface area (Å²) in [5.41, 5.74) is 1.45. The van der Waals surface area contributed by atoms with E-state index in [4.69, 9.17) is 4.74 Å². The number of ether oxygens (including phenoxy) is 1. The highest BCUT2D eigenvalue weighted by Crippen LogP contribution is 2.29. The van der Waals surface area contributed by atoms with Crippen molar-refractivity contribution in [2.75, 3.05) is 6.61 Å². The van der Waals surface area contributed by atoms with Crippen molar-refractivity contribution in [3.05, 3.63) is 29.8 Å². The third kappa shape index (κ3) is 6.75. The normalized spacial score (nSPS) is 21.9. The topological polar surface area (TPSA) is 9.23 Å². The van der Waals surface area contributed by atoms with Crippen LogP contribution in [-0.4, -0.2) is 12.7 Å². The van der Waals surface area contributed by atoms with E-state index in [0.717, 1.165) is 17.4 Å². The van der Waals surface area contributed by atoms with Gasteiger partial charge in [-0.3, -0.25) is 0 Å². The summed E-state index contributed by atoms with van der Waals surface area (Å²) in [6, 6.07) is 8.63. The van der Waals surface area contributed by atoms with Crippen molar-refractivity contribution in [2.45, 2.75) is 82.1 Å². The van der Waals surface area contributed by atoms with E-state index in [1.165, 1.54) is 69.8 Å². The van der Waals surface area contributed by atoms with Crippen molar-refractivity contribution in [2.24, 2.45) is 5.92 Å². The summed E-state index contributed by atoms with van der Waals surface area (Å²) in [5.74, 6) is 0.899. The molecule has 0 bridgehead atoms. The van der Waals surface area contributed by atoms with Crippen LogP contribution in [0, 0.1) is 5.92 Å². The lowest BCUT2D eigenvalue weighted by atomic mass is 9.84. The van der Waals surface area contributed by atoms with E-state index < -0.39 is 0 Å². The van der Waals surface area contributed by atoms with E-state index in [1.54, 1.807) is 0 Å². The monoisotopic (exact) mass is 320 g/mol. The third-order valence-electron chi connectivity index (χ3n) is 4.92. The maximum Gasteiger partial charge on any atom is 0.0575 e. The van der Waals surface area contributed by atoms with Gasteiger partial charge in [-0.2, -0.15) is 0 Å². The van der Waals surface area contributed by atoms with Crippen LogP contribution in [0.5, 0.6) is 0 Å². The summed E-state index contributed by atoms with van der Waals surface area (Å²) in [5, 5.41) is 0. The van der Waals surface area contributed by atoms with Gasteiger partial charge in [0, 0.05) is 11.5 Å². The Morgan fingerprint density at radius 1 is 1.00 bits per heavy atom. The molecule has 0 atom stereocenters. The first-order chi connectivity index (χ1) is 10.8. The van der Waals surface area contributed by atoms with Gasteiger partial charge in [-0.25, -0.2) is 0 Å². The maximum absolute atomic E-state index is 6.05. The van der Waals surface area contributed by atoms with Gasteiger partial charge in [-0.15, -0.1) is 12.6 Å². The predicted octanol–water partition coefficient (Wildman–Crippen LogP) is 6.06. The highest BCUT2D eigenvalue weighted by Gasteiger charge is 2.21. The van der Waals surface area contributed by atoms with E-state index >= 15 is 0 Å². The molecular formula is C20H32OS. The van der Waals surface area contributed by atoms with Crippen LogP contribution in [0.4, 0.5) is 0 Å². The van der Waals surface area contributed by atoms with Crippen LogP contribution < -0.4 is 0 Å². The molecule has 1 aliphatic rings. The lowest BCUT2D eigenvalue weighted by Crippen LogP contribution is -2.22. The van der Waals surface area contributed by atoms with Gasteiger partial charge in [0.05, 0.1) is 6.10 Å². The molecule has 0 unspecified atom stereocenters. The summed E-state index contributed by atoms with van der Waals surface area (Å²) in [7, 11) is 0. The minimum atomic E-state index is 0.543. The third-order valence-corrected chi connectivity index (χ3v) is 5.22. The fourth-order valence-electron chi connectivity index (χ4n) is 3.40. The van der Waals surface area contributed by atoms with Gasteiger partial charge in [0.15, 0.2) is 0 Å². The molecule has 0 N–H and O–H groups in total. The van der Waals surface area contributed by atoms with Crippen molar-refractivity contribution < 1.29 is 4.74 Å². The Bertz CT molecular complexity index is 393. The first-order valence-electron chi connectivity index (χ1n) is 9.17. The van der Waals surface area contributed by atoms with Gasteiger partial charge in [0.2, 0.25) is 0 Å². The molecular weight excluding hydrogens is 288 g/mol. The summed E-state index contributed by atoms with van der Waals surface area (Å²) in [4.78, 5) is 1.06. The van der Waals surface area contributed by atoms with E-state index in [9.17, 15) is 0 Å². The highest BCUT2D eigenvalue weighted by atomic mass is 32.1. The van der Waals surface area contributed by atoms with Crippen LogP contribution in [0.2, 0.25) is 0 Å². The van der Waals surface area contributed by atoms with Crippen LogP contribution in [0.3, 0.4) is 0 Å². The SMILES string of the molecule is CCCCCCOC1CCC(CCc2ccc(S)cc2)CC1. The quantitative estimate of drug-likeness (QED) is 0.429. The first-order valence-corrected chi connectivity index (χ1v) is 9.62. The second-order valence-electron chi connectivity index (χ2n) is 6.78. The van der Waals surface area contributed by atoms with Crippen LogP contribution in [0.15, 0.2) is 29.2 Å². The van der Waals surface area contributed by atoms with E-state index in [1.807, 2.05) is 0 Å². The van der Waals surface area contributed by atoms with Crippen LogP contribution >= 0.6 is 12.6 Å². The lowest BCUT2D eigenvalue weighted by molar-refractivity contribution is 0.0154. The lowest BCUT2D eigenvalue weighted by Gasteiger charge is -2.28. The number of unbranched alkanes of at least 4 members (excludes halogenated alkanes) is 3. The molecule has 0 aromatic heterocycles. The summed E-state index contributed by atoms with van der Waals surface area (Å²) in [6.07, 6.45) is 13.6. The Kier molecular flexibility index (Phi) is 8.40. The van der Waals surface area contributed by atoms with Crippen molar-refractivity contribution in [1.29, 1.82) is 0 Å². The molecule has 0 aliphatic heterocycles. The highest BCUT2D eigenvalue weighted by molar-refractivity contribution is 7.80. The van der Waals surface area contributed by atoms with Crippen molar-refractivity contribution >= 4 is 12.6 Å². The molecule has 2 heteroatoms. The number of thiol groups is 1. The number of aryl methyl sites for hydroxylation is 1. The molecule has 1 aromatic rings. The smallest absolute Gasteiger partial charge is 0.0575 e.